The molecule has 0 aromatic rings. The third-order valence-corrected chi connectivity index (χ3v) is 3.03. The SMILES string of the molecule is O=C(O)CCCNC(=O)NCCC1CCOCC1. The van der Waals surface area contributed by atoms with E-state index in [0.29, 0.717) is 25.4 Å². The number of carboxylic acids is 1. The molecule has 1 rings (SSSR count). The van der Waals surface area contributed by atoms with Crippen LogP contribution in [0.3, 0.4) is 0 Å². The van der Waals surface area contributed by atoms with Crippen molar-refractivity contribution in [1.29, 1.82) is 0 Å². The third-order valence-electron chi connectivity index (χ3n) is 3.03. The van der Waals surface area contributed by atoms with Crippen LogP contribution in [0.1, 0.15) is 32.1 Å². The number of carbonyl (C=O) groups excluding carboxylic acids is 1. The van der Waals surface area contributed by atoms with Gasteiger partial charge in [-0.15, -0.1) is 0 Å². The molecule has 1 aliphatic rings. The van der Waals surface area contributed by atoms with E-state index in [-0.39, 0.29) is 12.5 Å². The van der Waals surface area contributed by atoms with Crippen LogP contribution in [-0.2, 0) is 9.53 Å². The number of carbonyl (C=O) groups is 2. The Labute approximate surface area is 107 Å². The lowest BCUT2D eigenvalue weighted by Crippen LogP contribution is -2.37. The second kappa shape index (κ2) is 8.74. The molecule has 0 atom stereocenters. The van der Waals surface area contributed by atoms with Crippen molar-refractivity contribution in [2.75, 3.05) is 26.3 Å². The number of nitrogens with one attached hydrogen (secondary N) is 2. The molecule has 0 bridgehead atoms. The molecular formula is C12H22N2O4. The summed E-state index contributed by atoms with van der Waals surface area (Å²) in [5.41, 5.74) is 0. The van der Waals surface area contributed by atoms with Crippen molar-refractivity contribution in [3.63, 3.8) is 0 Å². The molecule has 0 saturated carbocycles. The monoisotopic (exact) mass is 258 g/mol. The summed E-state index contributed by atoms with van der Waals surface area (Å²) >= 11 is 0. The maximum absolute atomic E-state index is 11.3. The van der Waals surface area contributed by atoms with Gasteiger partial charge in [0.1, 0.15) is 0 Å². The minimum atomic E-state index is -0.836. The Morgan fingerprint density at radius 2 is 1.83 bits per heavy atom. The first-order valence-electron chi connectivity index (χ1n) is 6.49. The van der Waals surface area contributed by atoms with Gasteiger partial charge in [0.25, 0.3) is 0 Å². The van der Waals surface area contributed by atoms with E-state index in [1.54, 1.807) is 0 Å². The topological polar surface area (TPSA) is 87.7 Å². The largest absolute Gasteiger partial charge is 0.481 e. The first kappa shape index (κ1) is 14.8. The molecule has 0 unspecified atom stereocenters. The Bertz CT molecular complexity index is 265. The second-order valence-electron chi connectivity index (χ2n) is 4.52. The molecular weight excluding hydrogens is 236 g/mol. The van der Waals surface area contributed by atoms with Crippen molar-refractivity contribution in [1.82, 2.24) is 10.6 Å². The van der Waals surface area contributed by atoms with E-state index in [1.165, 1.54) is 0 Å². The second-order valence-corrected chi connectivity index (χ2v) is 4.52. The predicted molar refractivity (Wildman–Crippen MR) is 66.4 cm³/mol. The quantitative estimate of drug-likeness (QED) is 0.594. The fraction of sp³-hybridized carbons (Fsp3) is 0.833. The molecule has 3 N–H and O–H groups in total. The third kappa shape index (κ3) is 7.11. The van der Waals surface area contributed by atoms with Crippen molar-refractivity contribution in [3.8, 4) is 0 Å². The molecule has 6 heteroatoms. The number of urea groups is 1. The smallest absolute Gasteiger partial charge is 0.314 e. The average molecular weight is 258 g/mol. The highest BCUT2D eigenvalue weighted by atomic mass is 16.5. The van der Waals surface area contributed by atoms with Crippen LogP contribution in [0, 0.1) is 5.92 Å². The first-order chi connectivity index (χ1) is 8.68. The zero-order valence-corrected chi connectivity index (χ0v) is 10.6. The van der Waals surface area contributed by atoms with Crippen LogP contribution >= 0.6 is 0 Å². The van der Waals surface area contributed by atoms with Gasteiger partial charge in [-0.2, -0.15) is 0 Å². The van der Waals surface area contributed by atoms with Gasteiger partial charge < -0.3 is 20.5 Å². The zero-order valence-electron chi connectivity index (χ0n) is 10.6. The summed E-state index contributed by atoms with van der Waals surface area (Å²) < 4.78 is 5.26. The van der Waals surface area contributed by atoms with E-state index in [1.807, 2.05) is 0 Å². The number of ether oxygens (including phenoxy) is 1. The Balaban J connectivity index is 1.94. The fourth-order valence-corrected chi connectivity index (χ4v) is 1.93. The predicted octanol–water partition coefficient (Wildman–Crippen LogP) is 0.967. The molecule has 2 amide bonds. The molecule has 1 fully saturated rings. The van der Waals surface area contributed by atoms with E-state index in [9.17, 15) is 9.59 Å². The van der Waals surface area contributed by atoms with Crippen LogP contribution in [0.25, 0.3) is 0 Å². The number of hydrogen-bond donors (Lipinski definition) is 3. The standard InChI is InChI=1S/C12H22N2O4/c15-11(16)2-1-6-13-12(17)14-7-3-10-4-8-18-9-5-10/h10H,1-9H2,(H,15,16)(H2,13,14,17). The van der Waals surface area contributed by atoms with Crippen molar-refractivity contribution in [2.45, 2.75) is 32.1 Å². The molecule has 1 heterocycles. The van der Waals surface area contributed by atoms with Crippen molar-refractivity contribution < 1.29 is 19.4 Å². The number of aliphatic carboxylic acids is 1. The van der Waals surface area contributed by atoms with Gasteiger partial charge in [0.2, 0.25) is 0 Å². The normalized spacial score (nSPS) is 16.2. The lowest BCUT2D eigenvalue weighted by Gasteiger charge is -2.21. The van der Waals surface area contributed by atoms with Crippen LogP contribution < -0.4 is 10.6 Å². The maximum atomic E-state index is 11.3. The van der Waals surface area contributed by atoms with Crippen LogP contribution in [0.15, 0.2) is 0 Å². The Morgan fingerprint density at radius 1 is 1.17 bits per heavy atom. The Hall–Kier alpha value is -1.30. The van der Waals surface area contributed by atoms with Crippen LogP contribution in [0.4, 0.5) is 4.79 Å². The average Bonchev–Trinajstić information content (AvgIpc) is 2.36. The van der Waals surface area contributed by atoms with Crippen LogP contribution in [0.2, 0.25) is 0 Å². The summed E-state index contributed by atoms with van der Waals surface area (Å²) in [6, 6.07) is -0.215. The summed E-state index contributed by atoms with van der Waals surface area (Å²) in [4.78, 5) is 21.6. The molecule has 6 nitrogen and oxygen atoms in total. The molecule has 1 aliphatic heterocycles. The molecule has 18 heavy (non-hydrogen) atoms. The first-order valence-corrected chi connectivity index (χ1v) is 6.49. The van der Waals surface area contributed by atoms with E-state index < -0.39 is 5.97 Å². The van der Waals surface area contributed by atoms with Gasteiger partial charge in [-0.05, 0) is 31.6 Å². The molecule has 1 saturated heterocycles. The number of hydrogen-bond acceptors (Lipinski definition) is 3. The molecule has 0 aromatic heterocycles. The fourth-order valence-electron chi connectivity index (χ4n) is 1.93. The Morgan fingerprint density at radius 3 is 2.50 bits per heavy atom. The van der Waals surface area contributed by atoms with E-state index in [2.05, 4.69) is 10.6 Å². The highest BCUT2D eigenvalue weighted by Crippen LogP contribution is 2.17. The van der Waals surface area contributed by atoms with Crippen molar-refractivity contribution >= 4 is 12.0 Å². The summed E-state index contributed by atoms with van der Waals surface area (Å²) in [7, 11) is 0. The Kier molecular flexibility index (Phi) is 7.17. The molecule has 0 aliphatic carbocycles. The summed E-state index contributed by atoms with van der Waals surface area (Å²) in [6.07, 6.45) is 3.67. The van der Waals surface area contributed by atoms with Crippen molar-refractivity contribution in [3.05, 3.63) is 0 Å². The minimum absolute atomic E-state index is 0.0857. The number of rotatable bonds is 7. The molecule has 0 spiro atoms. The van der Waals surface area contributed by atoms with Gasteiger partial charge in [0.05, 0.1) is 0 Å². The lowest BCUT2D eigenvalue weighted by atomic mass is 9.97. The highest BCUT2D eigenvalue weighted by molar-refractivity contribution is 5.73. The summed E-state index contributed by atoms with van der Waals surface area (Å²) in [5.74, 6) is -0.192. The van der Waals surface area contributed by atoms with Gasteiger partial charge >= 0.3 is 12.0 Å². The summed E-state index contributed by atoms with van der Waals surface area (Å²) in [5, 5.41) is 13.8. The van der Waals surface area contributed by atoms with Crippen LogP contribution in [-0.4, -0.2) is 43.4 Å². The van der Waals surface area contributed by atoms with E-state index in [0.717, 1.165) is 32.5 Å². The maximum Gasteiger partial charge on any atom is 0.314 e. The van der Waals surface area contributed by atoms with Crippen molar-refractivity contribution in [2.24, 2.45) is 5.92 Å². The lowest BCUT2D eigenvalue weighted by molar-refractivity contribution is -0.137. The van der Waals surface area contributed by atoms with Gasteiger partial charge in [0.15, 0.2) is 0 Å². The highest BCUT2D eigenvalue weighted by Gasteiger charge is 2.13. The molecule has 0 radical (unpaired) electrons. The minimum Gasteiger partial charge on any atom is -0.481 e. The van der Waals surface area contributed by atoms with Crippen LogP contribution in [0.5, 0.6) is 0 Å². The summed E-state index contributed by atoms with van der Waals surface area (Å²) in [6.45, 7) is 2.71. The van der Waals surface area contributed by atoms with Gasteiger partial charge in [-0.25, -0.2) is 4.79 Å². The van der Waals surface area contributed by atoms with E-state index >= 15 is 0 Å². The van der Waals surface area contributed by atoms with Gasteiger partial charge in [-0.3, -0.25) is 4.79 Å². The number of carboxylic acid groups (broad SMARTS) is 1. The van der Waals surface area contributed by atoms with E-state index in [4.69, 9.17) is 9.84 Å². The molecule has 0 aromatic carbocycles. The van der Waals surface area contributed by atoms with Gasteiger partial charge in [0, 0.05) is 32.7 Å². The zero-order chi connectivity index (χ0) is 13.2. The van der Waals surface area contributed by atoms with Gasteiger partial charge in [-0.1, -0.05) is 0 Å². The molecule has 104 valence electrons. The number of amides is 2.